The van der Waals surface area contributed by atoms with Crippen LogP contribution in [0, 0.1) is 11.8 Å². The molecule has 0 aliphatic heterocycles. The van der Waals surface area contributed by atoms with Crippen molar-refractivity contribution in [3.63, 3.8) is 0 Å². The Hall–Kier alpha value is -1.42. The maximum atomic E-state index is 12.1. The van der Waals surface area contributed by atoms with Gasteiger partial charge in [-0.25, -0.2) is 0 Å². The predicted octanol–water partition coefficient (Wildman–Crippen LogP) is 2.56. The number of pyridine rings is 1. The summed E-state index contributed by atoms with van der Waals surface area (Å²) in [5.74, 6) is 0.993. The van der Waals surface area contributed by atoms with Crippen LogP contribution in [0.25, 0.3) is 0 Å². The van der Waals surface area contributed by atoms with Crippen LogP contribution in [-0.4, -0.2) is 16.9 Å². The van der Waals surface area contributed by atoms with Crippen LogP contribution in [0.3, 0.4) is 0 Å². The number of carbonyl (C=O) groups excluding carboxylic acids is 1. The highest BCUT2D eigenvalue weighted by Gasteiger charge is 2.26. The molecule has 1 amide bonds. The van der Waals surface area contributed by atoms with E-state index < -0.39 is 0 Å². The number of amides is 1. The van der Waals surface area contributed by atoms with E-state index in [1.807, 2.05) is 12.1 Å². The molecule has 1 aliphatic carbocycles. The van der Waals surface area contributed by atoms with E-state index in [1.54, 1.807) is 12.4 Å². The summed E-state index contributed by atoms with van der Waals surface area (Å²) in [6, 6.07) is 3.91. The molecule has 1 fully saturated rings. The summed E-state index contributed by atoms with van der Waals surface area (Å²) in [7, 11) is 0. The van der Waals surface area contributed by atoms with Crippen molar-refractivity contribution in [1.29, 1.82) is 0 Å². The lowest BCUT2D eigenvalue weighted by atomic mass is 9.79. The fraction of sp³-hybridized carbons (Fsp3) is 0.600. The molecule has 1 aliphatic rings. The Bertz CT molecular complexity index is 397. The average Bonchev–Trinajstić information content (AvgIpc) is 2.40. The number of aromatic nitrogens is 1. The number of nitrogens with two attached hydrogens (primary N) is 1. The molecule has 1 aromatic heterocycles. The molecule has 0 saturated heterocycles. The molecule has 0 spiro atoms. The largest absolute Gasteiger partial charge is 0.328 e. The van der Waals surface area contributed by atoms with Gasteiger partial charge in [0.25, 0.3) is 0 Å². The van der Waals surface area contributed by atoms with Gasteiger partial charge >= 0.3 is 0 Å². The summed E-state index contributed by atoms with van der Waals surface area (Å²) in [5, 5.41) is 2.96. The second-order valence-corrected chi connectivity index (χ2v) is 5.66. The first-order valence-electron chi connectivity index (χ1n) is 7.11. The first-order chi connectivity index (χ1) is 9.15. The number of nitrogens with zero attached hydrogens (tertiary/aromatic N) is 1. The zero-order valence-electron chi connectivity index (χ0n) is 11.5. The van der Waals surface area contributed by atoms with E-state index in [1.165, 1.54) is 0 Å². The lowest BCUT2D eigenvalue weighted by molar-refractivity contribution is -0.121. The Morgan fingerprint density at radius 2 is 2.00 bits per heavy atom. The maximum absolute atomic E-state index is 12.1. The van der Waals surface area contributed by atoms with Crippen molar-refractivity contribution in [3.05, 3.63) is 24.5 Å². The Labute approximate surface area is 114 Å². The van der Waals surface area contributed by atoms with Gasteiger partial charge in [-0.15, -0.1) is 0 Å². The van der Waals surface area contributed by atoms with E-state index in [9.17, 15) is 4.79 Å². The molecule has 0 aromatic carbocycles. The molecule has 0 radical (unpaired) electrons. The van der Waals surface area contributed by atoms with Crippen LogP contribution in [0.5, 0.6) is 0 Å². The second-order valence-electron chi connectivity index (χ2n) is 5.66. The maximum Gasteiger partial charge on any atom is 0.227 e. The lowest BCUT2D eigenvalue weighted by Crippen LogP contribution is -2.29. The lowest BCUT2D eigenvalue weighted by Gasteiger charge is -2.28. The highest BCUT2D eigenvalue weighted by atomic mass is 16.1. The Morgan fingerprint density at radius 1 is 1.37 bits per heavy atom. The third-order valence-corrected chi connectivity index (χ3v) is 3.87. The van der Waals surface area contributed by atoms with Crippen molar-refractivity contribution in [3.8, 4) is 0 Å². The van der Waals surface area contributed by atoms with Crippen molar-refractivity contribution in [2.45, 2.75) is 45.1 Å². The SMILES string of the molecule is CC(N)CC1CCC(C(=O)Nc2ccncc2)CC1. The van der Waals surface area contributed by atoms with Crippen molar-refractivity contribution in [2.75, 3.05) is 5.32 Å². The van der Waals surface area contributed by atoms with Crippen LogP contribution < -0.4 is 11.1 Å². The fourth-order valence-corrected chi connectivity index (χ4v) is 2.87. The van der Waals surface area contributed by atoms with Crippen LogP contribution in [0.15, 0.2) is 24.5 Å². The molecule has 4 heteroatoms. The van der Waals surface area contributed by atoms with Crippen LogP contribution in [0.2, 0.25) is 0 Å². The molecule has 104 valence electrons. The summed E-state index contributed by atoms with van der Waals surface area (Å²) in [6.45, 7) is 2.06. The van der Waals surface area contributed by atoms with Gasteiger partial charge in [-0.05, 0) is 57.1 Å². The van der Waals surface area contributed by atoms with Gasteiger partial charge in [0.05, 0.1) is 0 Å². The third-order valence-electron chi connectivity index (χ3n) is 3.87. The summed E-state index contributed by atoms with van der Waals surface area (Å²) in [4.78, 5) is 16.1. The number of hydrogen-bond acceptors (Lipinski definition) is 3. The van der Waals surface area contributed by atoms with Crippen LogP contribution >= 0.6 is 0 Å². The molecule has 1 aromatic rings. The first-order valence-corrected chi connectivity index (χ1v) is 7.11. The molecule has 1 unspecified atom stereocenters. The van der Waals surface area contributed by atoms with E-state index >= 15 is 0 Å². The van der Waals surface area contributed by atoms with E-state index in [4.69, 9.17) is 5.73 Å². The van der Waals surface area contributed by atoms with Crippen molar-refractivity contribution < 1.29 is 4.79 Å². The first kappa shape index (κ1) is 14.0. The summed E-state index contributed by atoms with van der Waals surface area (Å²) < 4.78 is 0. The monoisotopic (exact) mass is 261 g/mol. The topological polar surface area (TPSA) is 68.0 Å². The van der Waals surface area contributed by atoms with E-state index in [0.717, 1.165) is 37.8 Å². The van der Waals surface area contributed by atoms with Gasteiger partial charge in [0.2, 0.25) is 5.91 Å². The number of nitrogens with one attached hydrogen (secondary N) is 1. The summed E-state index contributed by atoms with van der Waals surface area (Å²) in [6.07, 6.45) is 8.66. The van der Waals surface area contributed by atoms with Gasteiger partial charge in [-0.1, -0.05) is 0 Å². The van der Waals surface area contributed by atoms with Gasteiger partial charge in [0, 0.05) is 30.0 Å². The normalized spacial score (nSPS) is 24.7. The quantitative estimate of drug-likeness (QED) is 0.875. The molecule has 4 nitrogen and oxygen atoms in total. The fourth-order valence-electron chi connectivity index (χ4n) is 2.87. The summed E-state index contributed by atoms with van der Waals surface area (Å²) >= 11 is 0. The van der Waals surface area contributed by atoms with Crippen molar-refractivity contribution >= 4 is 11.6 Å². The van der Waals surface area contributed by atoms with E-state index in [0.29, 0.717) is 5.92 Å². The van der Waals surface area contributed by atoms with Gasteiger partial charge in [0.15, 0.2) is 0 Å². The van der Waals surface area contributed by atoms with Crippen molar-refractivity contribution in [1.82, 2.24) is 4.98 Å². The smallest absolute Gasteiger partial charge is 0.227 e. The molecular formula is C15H23N3O. The minimum atomic E-state index is 0.144. The van der Waals surface area contributed by atoms with Crippen LogP contribution in [0.1, 0.15) is 39.0 Å². The molecular weight excluding hydrogens is 238 g/mol. The van der Waals surface area contributed by atoms with Gasteiger partial charge in [0.1, 0.15) is 0 Å². The van der Waals surface area contributed by atoms with Crippen molar-refractivity contribution in [2.24, 2.45) is 17.6 Å². The minimum Gasteiger partial charge on any atom is -0.328 e. The molecule has 19 heavy (non-hydrogen) atoms. The van der Waals surface area contributed by atoms with Crippen LogP contribution in [-0.2, 0) is 4.79 Å². The Kier molecular flexibility index (Phi) is 4.91. The number of hydrogen-bond donors (Lipinski definition) is 2. The molecule has 1 saturated carbocycles. The average molecular weight is 261 g/mol. The van der Waals surface area contributed by atoms with Gasteiger partial charge < -0.3 is 11.1 Å². The molecule has 3 N–H and O–H groups in total. The standard InChI is InChI=1S/C15H23N3O/c1-11(16)10-12-2-4-13(5-3-12)15(19)18-14-6-8-17-9-7-14/h6-9,11-13H,2-5,10,16H2,1H3,(H,17,18,19). The molecule has 1 atom stereocenters. The number of anilines is 1. The molecule has 0 bridgehead atoms. The zero-order chi connectivity index (χ0) is 13.7. The number of rotatable bonds is 4. The van der Waals surface area contributed by atoms with E-state index in [-0.39, 0.29) is 17.9 Å². The molecule has 1 heterocycles. The van der Waals surface area contributed by atoms with Gasteiger partial charge in [-0.2, -0.15) is 0 Å². The predicted molar refractivity (Wildman–Crippen MR) is 76.6 cm³/mol. The minimum absolute atomic E-state index is 0.144. The Morgan fingerprint density at radius 3 is 2.58 bits per heavy atom. The highest BCUT2D eigenvalue weighted by Crippen LogP contribution is 2.31. The Balaban J connectivity index is 1.79. The summed E-state index contributed by atoms with van der Waals surface area (Å²) in [5.41, 5.74) is 6.67. The molecule has 2 rings (SSSR count). The third kappa shape index (κ3) is 4.31. The van der Waals surface area contributed by atoms with Gasteiger partial charge in [-0.3, -0.25) is 9.78 Å². The second kappa shape index (κ2) is 6.66. The van der Waals surface area contributed by atoms with Crippen LogP contribution in [0.4, 0.5) is 5.69 Å². The van der Waals surface area contributed by atoms with E-state index in [2.05, 4.69) is 17.2 Å². The highest BCUT2D eigenvalue weighted by molar-refractivity contribution is 5.92. The number of carbonyl (C=O) groups is 1. The zero-order valence-corrected chi connectivity index (χ0v) is 11.5.